The van der Waals surface area contributed by atoms with E-state index in [0.717, 1.165) is 12.8 Å². The van der Waals surface area contributed by atoms with E-state index in [1.54, 1.807) is 17.6 Å². The summed E-state index contributed by atoms with van der Waals surface area (Å²) < 4.78 is 12.1. The summed E-state index contributed by atoms with van der Waals surface area (Å²) in [6.45, 7) is 4.47. The van der Waals surface area contributed by atoms with E-state index >= 15 is 0 Å². The molecule has 2 aromatic rings. The van der Waals surface area contributed by atoms with Gasteiger partial charge in [0.05, 0.1) is 5.56 Å². The fourth-order valence-corrected chi connectivity index (χ4v) is 2.87. The van der Waals surface area contributed by atoms with Crippen LogP contribution in [-0.2, 0) is 4.74 Å². The van der Waals surface area contributed by atoms with Crippen LogP contribution in [0.3, 0.4) is 0 Å². The Bertz CT molecular complexity index is 811. The van der Waals surface area contributed by atoms with Crippen LogP contribution in [0.15, 0.2) is 20.1 Å². The highest BCUT2D eigenvalue weighted by atomic mass is 16.5. The molecule has 112 valence electrons. The summed E-state index contributed by atoms with van der Waals surface area (Å²) in [6, 6.07) is 1.68. The molecular weight excluding hydrogens is 274 g/mol. The van der Waals surface area contributed by atoms with Crippen LogP contribution < -0.4 is 11.2 Å². The van der Waals surface area contributed by atoms with Gasteiger partial charge in [0.2, 0.25) is 0 Å². The van der Waals surface area contributed by atoms with Gasteiger partial charge in [-0.2, -0.15) is 0 Å². The Morgan fingerprint density at radius 2 is 1.90 bits per heavy atom. The molecule has 0 radical (unpaired) electrons. The lowest BCUT2D eigenvalue weighted by molar-refractivity contribution is 0.0682. The summed E-state index contributed by atoms with van der Waals surface area (Å²) >= 11 is 0. The third-order valence-corrected chi connectivity index (χ3v) is 4.06. The zero-order valence-electron chi connectivity index (χ0n) is 12.0. The maximum Gasteiger partial charge on any atom is 0.342 e. The van der Waals surface area contributed by atoms with E-state index in [4.69, 9.17) is 9.15 Å². The second-order valence-corrected chi connectivity index (χ2v) is 5.41. The number of fused-ring (bicyclic) bond motifs is 1. The van der Waals surface area contributed by atoms with Gasteiger partial charge < -0.3 is 18.8 Å². The maximum atomic E-state index is 12.7. The lowest BCUT2D eigenvalue weighted by Gasteiger charge is -2.26. The van der Waals surface area contributed by atoms with Crippen LogP contribution >= 0.6 is 0 Å². The van der Waals surface area contributed by atoms with Crippen molar-refractivity contribution in [2.24, 2.45) is 0 Å². The lowest BCUT2D eigenvalue weighted by atomic mass is 10.1. The van der Waals surface area contributed by atoms with Crippen molar-refractivity contribution in [2.75, 3.05) is 13.2 Å². The van der Waals surface area contributed by atoms with Crippen LogP contribution in [0.25, 0.3) is 11.0 Å². The van der Waals surface area contributed by atoms with Gasteiger partial charge in [-0.05, 0) is 26.7 Å². The molecule has 21 heavy (non-hydrogen) atoms. The molecule has 0 amide bonds. The van der Waals surface area contributed by atoms with Gasteiger partial charge in [0.25, 0.3) is 5.56 Å². The van der Waals surface area contributed by atoms with E-state index in [0.29, 0.717) is 18.9 Å². The second kappa shape index (κ2) is 5.04. The fraction of sp³-hybridized carbons (Fsp3) is 0.467. The van der Waals surface area contributed by atoms with Crippen molar-refractivity contribution in [1.29, 1.82) is 0 Å². The Hall–Kier alpha value is -2.08. The van der Waals surface area contributed by atoms with Gasteiger partial charge in [-0.25, -0.2) is 4.79 Å². The first kappa shape index (κ1) is 13.9. The van der Waals surface area contributed by atoms with Gasteiger partial charge in [-0.1, -0.05) is 0 Å². The second-order valence-electron chi connectivity index (χ2n) is 5.41. The summed E-state index contributed by atoms with van der Waals surface area (Å²) in [5, 5.41) is 10.2. The Morgan fingerprint density at radius 3 is 2.57 bits per heavy atom. The lowest BCUT2D eigenvalue weighted by Crippen LogP contribution is -2.31. The van der Waals surface area contributed by atoms with Crippen LogP contribution in [0.2, 0.25) is 0 Å². The molecule has 1 aliphatic heterocycles. The van der Waals surface area contributed by atoms with Gasteiger partial charge in [0.1, 0.15) is 16.7 Å². The van der Waals surface area contributed by atoms with Crippen molar-refractivity contribution in [3.05, 3.63) is 38.1 Å². The van der Waals surface area contributed by atoms with Crippen molar-refractivity contribution in [3.63, 3.8) is 0 Å². The van der Waals surface area contributed by atoms with Crippen LogP contribution in [-0.4, -0.2) is 22.9 Å². The van der Waals surface area contributed by atoms with Crippen LogP contribution in [0, 0.1) is 13.8 Å². The molecule has 6 heteroatoms. The summed E-state index contributed by atoms with van der Waals surface area (Å²) in [4.78, 5) is 24.3. The highest BCUT2D eigenvalue weighted by Crippen LogP contribution is 2.26. The van der Waals surface area contributed by atoms with E-state index in [-0.39, 0.29) is 33.9 Å². The van der Waals surface area contributed by atoms with E-state index in [1.165, 1.54) is 6.92 Å². The molecular formula is C15H17NO5. The smallest absolute Gasteiger partial charge is 0.342 e. The van der Waals surface area contributed by atoms with E-state index in [1.807, 2.05) is 0 Å². The quantitative estimate of drug-likeness (QED) is 0.863. The van der Waals surface area contributed by atoms with Gasteiger partial charge in [-0.3, -0.25) is 4.79 Å². The molecule has 1 fully saturated rings. The van der Waals surface area contributed by atoms with Gasteiger partial charge in [-0.15, -0.1) is 0 Å². The summed E-state index contributed by atoms with van der Waals surface area (Å²) in [5.41, 5.74) is -0.0365. The fourth-order valence-electron chi connectivity index (χ4n) is 2.87. The minimum absolute atomic E-state index is 0.0438. The molecule has 0 unspecified atom stereocenters. The highest BCUT2D eigenvalue weighted by Gasteiger charge is 2.22. The number of nitrogens with zero attached hydrogens (tertiary/aromatic N) is 1. The standard InChI is InChI=1S/C15H17NO5/c1-8-7-11-12(13(17)9(2)15(19)21-11)14(18)16(8)10-3-5-20-6-4-10/h7,10,17H,3-6H2,1-2H3. The van der Waals surface area contributed by atoms with Crippen molar-refractivity contribution in [3.8, 4) is 5.75 Å². The van der Waals surface area contributed by atoms with Crippen LogP contribution in [0.5, 0.6) is 5.75 Å². The zero-order valence-corrected chi connectivity index (χ0v) is 12.0. The molecule has 3 rings (SSSR count). The Kier molecular flexibility index (Phi) is 3.33. The largest absolute Gasteiger partial charge is 0.506 e. The Morgan fingerprint density at radius 1 is 1.24 bits per heavy atom. The molecule has 1 aliphatic rings. The van der Waals surface area contributed by atoms with Gasteiger partial charge in [0, 0.05) is 31.0 Å². The number of aryl methyl sites for hydroxylation is 1. The molecule has 2 aromatic heterocycles. The Labute approximate surface area is 120 Å². The van der Waals surface area contributed by atoms with E-state index in [2.05, 4.69) is 0 Å². The number of aromatic hydroxyl groups is 1. The molecule has 0 saturated carbocycles. The normalized spacial score (nSPS) is 16.5. The molecule has 1 saturated heterocycles. The number of aromatic nitrogens is 1. The number of ether oxygens (including phenoxy) is 1. The third kappa shape index (κ3) is 2.15. The third-order valence-electron chi connectivity index (χ3n) is 4.06. The average molecular weight is 291 g/mol. The summed E-state index contributed by atoms with van der Waals surface area (Å²) in [5.74, 6) is -0.285. The molecule has 1 N–H and O–H groups in total. The van der Waals surface area contributed by atoms with Crippen molar-refractivity contribution >= 4 is 11.0 Å². The number of hydrogen-bond acceptors (Lipinski definition) is 5. The highest BCUT2D eigenvalue weighted by molar-refractivity contribution is 5.83. The number of hydrogen-bond donors (Lipinski definition) is 1. The Balaban J connectivity index is 2.32. The number of rotatable bonds is 1. The predicted molar refractivity (Wildman–Crippen MR) is 77.0 cm³/mol. The summed E-state index contributed by atoms with van der Waals surface area (Å²) in [7, 11) is 0. The van der Waals surface area contributed by atoms with Gasteiger partial charge in [0.15, 0.2) is 0 Å². The summed E-state index contributed by atoms with van der Waals surface area (Å²) in [6.07, 6.45) is 1.51. The predicted octanol–water partition coefficient (Wildman–Crippen LogP) is 1.63. The zero-order chi connectivity index (χ0) is 15.1. The minimum Gasteiger partial charge on any atom is -0.506 e. The topological polar surface area (TPSA) is 81.7 Å². The van der Waals surface area contributed by atoms with Crippen LogP contribution in [0.1, 0.15) is 30.1 Å². The molecule has 0 atom stereocenters. The minimum atomic E-state index is -0.623. The van der Waals surface area contributed by atoms with Crippen molar-refractivity contribution < 1.29 is 14.3 Å². The SMILES string of the molecule is Cc1c(O)c2c(=O)n(C3CCOCC3)c(C)cc2oc1=O. The first-order valence-corrected chi connectivity index (χ1v) is 6.97. The molecule has 0 aliphatic carbocycles. The molecule has 3 heterocycles. The number of pyridine rings is 1. The monoisotopic (exact) mass is 291 g/mol. The molecule has 0 bridgehead atoms. The van der Waals surface area contributed by atoms with Crippen molar-refractivity contribution in [2.45, 2.75) is 32.7 Å². The molecule has 0 aromatic carbocycles. The molecule has 0 spiro atoms. The van der Waals surface area contributed by atoms with Gasteiger partial charge >= 0.3 is 5.63 Å². The van der Waals surface area contributed by atoms with Crippen LogP contribution in [0.4, 0.5) is 0 Å². The van der Waals surface area contributed by atoms with E-state index in [9.17, 15) is 14.7 Å². The molecule has 6 nitrogen and oxygen atoms in total. The van der Waals surface area contributed by atoms with E-state index < -0.39 is 5.63 Å². The first-order chi connectivity index (χ1) is 10.0. The van der Waals surface area contributed by atoms with Crippen molar-refractivity contribution in [1.82, 2.24) is 4.57 Å². The average Bonchev–Trinajstić information content (AvgIpc) is 2.45. The maximum absolute atomic E-state index is 12.7. The first-order valence-electron chi connectivity index (χ1n) is 6.97.